The van der Waals surface area contributed by atoms with Crippen molar-refractivity contribution >= 4 is 0 Å². The van der Waals surface area contributed by atoms with E-state index < -0.39 is 0 Å². The Morgan fingerprint density at radius 1 is 0.833 bits per heavy atom. The van der Waals surface area contributed by atoms with E-state index in [0.717, 1.165) is 20.6 Å². The summed E-state index contributed by atoms with van der Waals surface area (Å²) in [5.41, 5.74) is 0. The molecule has 18 heavy (non-hydrogen) atoms. The molecule has 0 aliphatic heterocycles. The molecule has 0 aliphatic rings. The van der Waals surface area contributed by atoms with E-state index in [2.05, 4.69) is 13.5 Å². The van der Waals surface area contributed by atoms with Crippen LogP contribution in [0.1, 0.15) is 57.8 Å². The molecule has 0 radical (unpaired) electrons. The minimum atomic E-state index is 0. The SMILES string of the molecule is C=CCCCCCCCCC[CH2-].CO.CO.[CH3-].[Ti+2]. The Morgan fingerprint density at radius 3 is 1.50 bits per heavy atom. The Labute approximate surface area is 131 Å². The second kappa shape index (κ2) is 43.3. The smallest absolute Gasteiger partial charge is 0.400 e. The minimum Gasteiger partial charge on any atom is -0.400 e. The Morgan fingerprint density at radius 2 is 1.17 bits per heavy atom. The second-order valence-electron chi connectivity index (χ2n) is 3.41. The number of aliphatic hydroxyl groups excluding tert-OH is 2. The number of allylic oxidation sites excluding steroid dienone is 1. The van der Waals surface area contributed by atoms with Crippen LogP contribution >= 0.6 is 0 Å². The molecular formula is C15H34O2Ti. The van der Waals surface area contributed by atoms with E-state index in [-0.39, 0.29) is 29.1 Å². The van der Waals surface area contributed by atoms with Crippen molar-refractivity contribution in [2.24, 2.45) is 0 Å². The summed E-state index contributed by atoms with van der Waals surface area (Å²) in [6, 6.07) is 0. The zero-order valence-corrected chi connectivity index (χ0v) is 14.3. The number of hydrogen-bond donors (Lipinski definition) is 2. The van der Waals surface area contributed by atoms with Gasteiger partial charge in [-0.1, -0.05) is 44.6 Å². The van der Waals surface area contributed by atoms with Crippen LogP contribution in [-0.2, 0) is 21.7 Å². The molecule has 2 N–H and O–H groups in total. The topological polar surface area (TPSA) is 40.5 Å². The Balaban J connectivity index is -0.0000000849. The van der Waals surface area contributed by atoms with E-state index in [0.29, 0.717) is 0 Å². The zero-order chi connectivity index (χ0) is 13.1. The Bertz CT molecular complexity index is 98.5. The molecule has 0 amide bonds. The third-order valence-electron chi connectivity index (χ3n) is 2.16. The van der Waals surface area contributed by atoms with Crippen LogP contribution in [0.3, 0.4) is 0 Å². The van der Waals surface area contributed by atoms with Crippen LogP contribution < -0.4 is 0 Å². The quantitative estimate of drug-likeness (QED) is 0.290. The van der Waals surface area contributed by atoms with Crippen LogP contribution in [0.15, 0.2) is 12.7 Å². The van der Waals surface area contributed by atoms with Crippen LogP contribution in [0.2, 0.25) is 0 Å². The number of unbranched alkanes of at least 4 members (excludes halogenated alkanes) is 8. The van der Waals surface area contributed by atoms with Crippen LogP contribution in [0, 0.1) is 14.4 Å². The molecule has 2 nitrogen and oxygen atoms in total. The molecule has 0 aromatic rings. The minimum absolute atomic E-state index is 0. The standard InChI is InChI=1S/C12H23.2CH4O.CH3.Ti/c1-3-5-7-9-11-12-10-8-6-4-2;2*1-2;;/h3H,1-2,4-12H2;2*2H,1H3;1H3;/q-1;;;-1;+2. The predicted molar refractivity (Wildman–Crippen MR) is 79.8 cm³/mol. The molecule has 0 unspecified atom stereocenters. The van der Waals surface area contributed by atoms with Gasteiger partial charge in [0.05, 0.1) is 0 Å². The average Bonchev–Trinajstić information content (AvgIpc) is 2.38. The maximum atomic E-state index is 7.00. The molecule has 3 heteroatoms. The number of rotatable bonds is 9. The molecule has 0 spiro atoms. The van der Waals surface area contributed by atoms with E-state index >= 15 is 0 Å². The number of hydrogen-bond acceptors (Lipinski definition) is 2. The van der Waals surface area contributed by atoms with E-state index in [1.165, 1.54) is 51.4 Å². The summed E-state index contributed by atoms with van der Waals surface area (Å²) < 4.78 is 0. The van der Waals surface area contributed by atoms with Gasteiger partial charge in [-0.2, -0.15) is 6.42 Å². The first-order valence-corrected chi connectivity index (χ1v) is 6.21. The van der Waals surface area contributed by atoms with Crippen molar-refractivity contribution in [1.82, 2.24) is 0 Å². The second-order valence-corrected chi connectivity index (χ2v) is 3.41. The first-order chi connectivity index (χ1) is 7.91. The average molecular weight is 294 g/mol. The van der Waals surface area contributed by atoms with E-state index in [9.17, 15) is 0 Å². The molecule has 0 aromatic carbocycles. The normalized spacial score (nSPS) is 7.39. The van der Waals surface area contributed by atoms with Gasteiger partial charge in [0.2, 0.25) is 0 Å². The van der Waals surface area contributed by atoms with Gasteiger partial charge in [-0.25, -0.2) is 0 Å². The summed E-state index contributed by atoms with van der Waals surface area (Å²) in [7, 11) is 2.00. The first kappa shape index (κ1) is 31.0. The maximum absolute atomic E-state index is 7.00. The molecule has 0 saturated carbocycles. The van der Waals surface area contributed by atoms with Crippen LogP contribution in [0.5, 0.6) is 0 Å². The molecular weight excluding hydrogens is 260 g/mol. The van der Waals surface area contributed by atoms with Gasteiger partial charge in [0, 0.05) is 14.2 Å². The van der Waals surface area contributed by atoms with Crippen LogP contribution in [0.25, 0.3) is 0 Å². The maximum Gasteiger partial charge on any atom is 2.00 e. The van der Waals surface area contributed by atoms with E-state index in [4.69, 9.17) is 10.2 Å². The van der Waals surface area contributed by atoms with Crippen LogP contribution in [0.4, 0.5) is 0 Å². The van der Waals surface area contributed by atoms with Gasteiger partial charge in [0.25, 0.3) is 0 Å². The monoisotopic (exact) mass is 294 g/mol. The fourth-order valence-electron chi connectivity index (χ4n) is 1.35. The van der Waals surface area contributed by atoms with Gasteiger partial charge >= 0.3 is 21.7 Å². The molecule has 0 aromatic heterocycles. The van der Waals surface area contributed by atoms with Gasteiger partial charge in [0.1, 0.15) is 0 Å². The summed E-state index contributed by atoms with van der Waals surface area (Å²) in [6.45, 7) is 7.54. The summed E-state index contributed by atoms with van der Waals surface area (Å²) in [5.74, 6) is 0. The molecule has 0 fully saturated rings. The molecule has 0 atom stereocenters. The summed E-state index contributed by atoms with van der Waals surface area (Å²) in [6.07, 6.45) is 14.0. The molecule has 110 valence electrons. The molecule has 0 saturated heterocycles. The van der Waals surface area contributed by atoms with Crippen molar-refractivity contribution in [2.45, 2.75) is 57.8 Å². The van der Waals surface area contributed by atoms with Crippen molar-refractivity contribution in [1.29, 1.82) is 0 Å². The van der Waals surface area contributed by atoms with Crippen molar-refractivity contribution in [2.75, 3.05) is 14.2 Å². The van der Waals surface area contributed by atoms with Gasteiger partial charge in [-0.3, -0.25) is 0 Å². The molecule has 0 rings (SSSR count). The summed E-state index contributed by atoms with van der Waals surface area (Å²) >= 11 is 0. The van der Waals surface area contributed by atoms with Gasteiger partial charge in [0.15, 0.2) is 0 Å². The van der Waals surface area contributed by atoms with E-state index in [1.807, 2.05) is 6.08 Å². The Hall–Kier alpha value is 0.374. The molecule has 0 aliphatic carbocycles. The largest absolute Gasteiger partial charge is 2.00 e. The van der Waals surface area contributed by atoms with Crippen molar-refractivity contribution < 1.29 is 31.9 Å². The fourth-order valence-corrected chi connectivity index (χ4v) is 1.35. The molecule has 0 heterocycles. The fraction of sp³-hybridized carbons (Fsp3) is 0.733. The summed E-state index contributed by atoms with van der Waals surface area (Å²) in [5, 5.41) is 14.0. The predicted octanol–water partition coefficient (Wildman–Crippen LogP) is 4.18. The number of aliphatic hydroxyl groups is 2. The van der Waals surface area contributed by atoms with Gasteiger partial charge in [-0.05, 0) is 12.8 Å². The van der Waals surface area contributed by atoms with Gasteiger partial charge in [-0.15, -0.1) is 6.58 Å². The van der Waals surface area contributed by atoms with Gasteiger partial charge < -0.3 is 24.6 Å². The van der Waals surface area contributed by atoms with Crippen molar-refractivity contribution in [3.05, 3.63) is 27.0 Å². The zero-order valence-electron chi connectivity index (χ0n) is 12.7. The summed E-state index contributed by atoms with van der Waals surface area (Å²) in [4.78, 5) is 0. The third kappa shape index (κ3) is 44.0. The van der Waals surface area contributed by atoms with E-state index in [1.54, 1.807) is 0 Å². The Kier molecular flexibility index (Phi) is 74.6. The third-order valence-corrected chi connectivity index (χ3v) is 2.16. The van der Waals surface area contributed by atoms with Crippen molar-refractivity contribution in [3.8, 4) is 0 Å². The molecule has 0 bridgehead atoms. The first-order valence-electron chi connectivity index (χ1n) is 6.21. The van der Waals surface area contributed by atoms with Crippen LogP contribution in [-0.4, -0.2) is 24.4 Å². The van der Waals surface area contributed by atoms with Crippen molar-refractivity contribution in [3.63, 3.8) is 0 Å².